The molecule has 1 aromatic carbocycles. The van der Waals surface area contributed by atoms with E-state index in [0.717, 1.165) is 16.7 Å². The lowest BCUT2D eigenvalue weighted by atomic mass is 9.98. The van der Waals surface area contributed by atoms with E-state index in [9.17, 15) is 23.9 Å². The summed E-state index contributed by atoms with van der Waals surface area (Å²) in [5.74, 6) is -1.74. The van der Waals surface area contributed by atoms with Gasteiger partial charge in [-0.05, 0) is 63.6 Å². The number of nitrogens with zero attached hydrogens (tertiary/aromatic N) is 2. The van der Waals surface area contributed by atoms with Crippen molar-refractivity contribution >= 4 is 11.7 Å². The Balaban J connectivity index is 2.61. The molecule has 1 unspecified atom stereocenters. The van der Waals surface area contributed by atoms with Crippen LogP contribution in [0.4, 0.5) is 4.39 Å². The molecule has 1 N–H and O–H groups in total. The highest BCUT2D eigenvalue weighted by Gasteiger charge is 2.37. The minimum Gasteiger partial charge on any atom is -0.395 e. The van der Waals surface area contributed by atoms with Crippen LogP contribution < -0.4 is 5.56 Å². The number of carbonyl (C=O) groups excluding carboxylic acids is 2. The molecule has 2 rings (SSSR count). The van der Waals surface area contributed by atoms with Crippen molar-refractivity contribution in [3.05, 3.63) is 69.9 Å². The Kier molecular flexibility index (Phi) is 6.51. The second kappa shape index (κ2) is 8.48. The van der Waals surface area contributed by atoms with Gasteiger partial charge >= 0.3 is 0 Å². The van der Waals surface area contributed by atoms with E-state index in [4.69, 9.17) is 0 Å². The first-order chi connectivity index (χ1) is 13.1. The molecule has 0 saturated carbocycles. The van der Waals surface area contributed by atoms with Crippen LogP contribution in [0.5, 0.6) is 0 Å². The van der Waals surface area contributed by atoms with Crippen LogP contribution in [0.2, 0.25) is 0 Å². The van der Waals surface area contributed by atoms with Crippen molar-refractivity contribution in [1.82, 2.24) is 9.47 Å². The fourth-order valence-corrected chi connectivity index (χ4v) is 2.96. The minimum absolute atomic E-state index is 0.0101. The second-order valence-electron chi connectivity index (χ2n) is 7.61. The molecule has 1 atom stereocenters. The largest absolute Gasteiger partial charge is 0.395 e. The lowest BCUT2D eigenvalue weighted by Crippen LogP contribution is -2.52. The molecule has 0 fully saturated rings. The van der Waals surface area contributed by atoms with Gasteiger partial charge in [0.1, 0.15) is 5.82 Å². The van der Waals surface area contributed by atoms with Gasteiger partial charge in [-0.3, -0.25) is 19.0 Å². The lowest BCUT2D eigenvalue weighted by Gasteiger charge is -2.37. The van der Waals surface area contributed by atoms with Gasteiger partial charge in [0.2, 0.25) is 0 Å². The Morgan fingerprint density at radius 3 is 2.29 bits per heavy atom. The number of carbonyl (C=O) groups is 2. The average Bonchev–Trinajstić information content (AvgIpc) is 2.61. The van der Waals surface area contributed by atoms with Crippen molar-refractivity contribution in [2.75, 3.05) is 13.2 Å². The highest BCUT2D eigenvalue weighted by Crippen LogP contribution is 2.22. The summed E-state index contributed by atoms with van der Waals surface area (Å²) in [6.07, 6.45) is 1.40. The highest BCUT2D eigenvalue weighted by molar-refractivity contribution is 6.12. The molecule has 0 aliphatic carbocycles. The van der Waals surface area contributed by atoms with E-state index in [-0.39, 0.29) is 18.7 Å². The molecule has 2 aromatic rings. The molecule has 0 aliphatic rings. The van der Waals surface area contributed by atoms with Gasteiger partial charge in [0, 0.05) is 29.9 Å². The van der Waals surface area contributed by atoms with Crippen LogP contribution in [-0.2, 0) is 4.79 Å². The predicted molar refractivity (Wildman–Crippen MR) is 104 cm³/mol. The van der Waals surface area contributed by atoms with Crippen LogP contribution in [0.15, 0.2) is 47.4 Å². The molecule has 7 heteroatoms. The zero-order valence-corrected chi connectivity index (χ0v) is 16.5. The number of amides is 1. The Hall–Kier alpha value is -2.80. The third-order valence-electron chi connectivity index (χ3n) is 4.39. The standard InChI is InChI=1S/C21H25FN2O4/c1-14-9-10-23(17(26)13-14)18(19(27)15-5-7-16(22)8-6-15)20(28)24(11-12-25)21(2,3)4/h5-10,13,18,25H,11-12H2,1-4H3. The van der Waals surface area contributed by atoms with E-state index in [0.29, 0.717) is 5.56 Å². The van der Waals surface area contributed by atoms with Crippen molar-refractivity contribution in [2.45, 2.75) is 39.3 Å². The highest BCUT2D eigenvalue weighted by atomic mass is 19.1. The molecular formula is C21H25FN2O4. The van der Waals surface area contributed by atoms with Gasteiger partial charge in [-0.2, -0.15) is 0 Å². The second-order valence-corrected chi connectivity index (χ2v) is 7.61. The number of β-amino-alcohol motifs (C(OH)–C–C–N with tert-alkyl or cyclic N) is 1. The number of ketones is 1. The summed E-state index contributed by atoms with van der Waals surface area (Å²) in [6, 6.07) is 6.34. The normalized spacial score (nSPS) is 12.5. The molecule has 0 spiro atoms. The summed E-state index contributed by atoms with van der Waals surface area (Å²) < 4.78 is 14.3. The number of hydrogen-bond acceptors (Lipinski definition) is 4. The molecule has 0 bridgehead atoms. The maximum Gasteiger partial charge on any atom is 0.254 e. The smallest absolute Gasteiger partial charge is 0.254 e. The number of rotatable bonds is 6. The number of benzene rings is 1. The summed E-state index contributed by atoms with van der Waals surface area (Å²) in [5.41, 5.74) is -0.364. The van der Waals surface area contributed by atoms with Gasteiger partial charge < -0.3 is 10.0 Å². The summed E-state index contributed by atoms with van der Waals surface area (Å²) in [6.45, 7) is 6.78. The van der Waals surface area contributed by atoms with Gasteiger partial charge in [0.05, 0.1) is 6.61 Å². The predicted octanol–water partition coefficient (Wildman–Crippen LogP) is 2.34. The molecule has 1 heterocycles. The fraction of sp³-hybridized carbons (Fsp3) is 0.381. The number of halogens is 1. The molecular weight excluding hydrogens is 363 g/mol. The van der Waals surface area contributed by atoms with Crippen LogP contribution in [0.3, 0.4) is 0 Å². The van der Waals surface area contributed by atoms with Crippen molar-refractivity contribution in [3.63, 3.8) is 0 Å². The first-order valence-corrected chi connectivity index (χ1v) is 8.97. The van der Waals surface area contributed by atoms with Gasteiger partial charge in [-0.25, -0.2) is 4.39 Å². The van der Waals surface area contributed by atoms with Crippen LogP contribution in [0, 0.1) is 12.7 Å². The van der Waals surface area contributed by atoms with E-state index < -0.39 is 34.6 Å². The molecule has 1 amide bonds. The molecule has 150 valence electrons. The zero-order chi connectivity index (χ0) is 21.1. The van der Waals surface area contributed by atoms with Crippen LogP contribution in [-0.4, -0.2) is 45.0 Å². The van der Waals surface area contributed by atoms with Crippen molar-refractivity contribution in [3.8, 4) is 0 Å². The number of aliphatic hydroxyl groups is 1. The van der Waals surface area contributed by atoms with Crippen molar-refractivity contribution in [2.24, 2.45) is 0 Å². The van der Waals surface area contributed by atoms with E-state index in [1.165, 1.54) is 29.3 Å². The average molecular weight is 388 g/mol. The maximum atomic E-state index is 13.4. The van der Waals surface area contributed by atoms with Crippen LogP contribution in [0.1, 0.15) is 42.7 Å². The lowest BCUT2D eigenvalue weighted by molar-refractivity contribution is -0.138. The van der Waals surface area contributed by atoms with E-state index >= 15 is 0 Å². The third-order valence-corrected chi connectivity index (χ3v) is 4.39. The van der Waals surface area contributed by atoms with E-state index in [2.05, 4.69) is 0 Å². The molecule has 1 aromatic heterocycles. The Labute approximate surface area is 163 Å². The number of hydrogen-bond donors (Lipinski definition) is 1. The number of Topliss-reactive ketones (excluding diaryl/α,β-unsaturated/α-hetero) is 1. The quantitative estimate of drug-likeness (QED) is 0.609. The van der Waals surface area contributed by atoms with Gasteiger partial charge in [0.15, 0.2) is 11.8 Å². The van der Waals surface area contributed by atoms with Crippen LogP contribution in [0.25, 0.3) is 0 Å². The van der Waals surface area contributed by atoms with E-state index in [1.54, 1.807) is 33.8 Å². The molecule has 0 radical (unpaired) electrons. The Morgan fingerprint density at radius 1 is 1.18 bits per heavy atom. The molecule has 6 nitrogen and oxygen atoms in total. The monoisotopic (exact) mass is 388 g/mol. The summed E-state index contributed by atoms with van der Waals surface area (Å²) in [5, 5.41) is 9.39. The Bertz CT molecular complexity index is 913. The van der Waals surface area contributed by atoms with Crippen molar-refractivity contribution < 1.29 is 19.1 Å². The third kappa shape index (κ3) is 4.72. The number of aryl methyl sites for hydroxylation is 1. The zero-order valence-electron chi connectivity index (χ0n) is 16.5. The Morgan fingerprint density at radius 2 is 1.79 bits per heavy atom. The molecule has 28 heavy (non-hydrogen) atoms. The number of aliphatic hydroxyl groups excluding tert-OH is 1. The number of aromatic nitrogens is 1. The van der Waals surface area contributed by atoms with Gasteiger partial charge in [-0.15, -0.1) is 0 Å². The molecule has 0 aliphatic heterocycles. The fourth-order valence-electron chi connectivity index (χ4n) is 2.96. The SMILES string of the molecule is Cc1ccn(C(C(=O)c2ccc(F)cc2)C(=O)N(CCO)C(C)(C)C)c(=O)c1. The summed E-state index contributed by atoms with van der Waals surface area (Å²) in [7, 11) is 0. The van der Waals surface area contributed by atoms with Crippen LogP contribution >= 0.6 is 0 Å². The van der Waals surface area contributed by atoms with E-state index in [1.807, 2.05) is 0 Å². The topological polar surface area (TPSA) is 79.6 Å². The maximum absolute atomic E-state index is 13.4. The number of pyridine rings is 1. The minimum atomic E-state index is -1.45. The first-order valence-electron chi connectivity index (χ1n) is 8.97. The first kappa shape index (κ1) is 21.5. The van der Waals surface area contributed by atoms with Gasteiger partial charge in [-0.1, -0.05) is 0 Å². The van der Waals surface area contributed by atoms with Crippen molar-refractivity contribution in [1.29, 1.82) is 0 Å². The summed E-state index contributed by atoms with van der Waals surface area (Å²) >= 11 is 0. The molecule has 0 saturated heterocycles. The summed E-state index contributed by atoms with van der Waals surface area (Å²) in [4.78, 5) is 40.4. The van der Waals surface area contributed by atoms with Gasteiger partial charge in [0.25, 0.3) is 11.5 Å².